The van der Waals surface area contributed by atoms with Gasteiger partial charge in [0.1, 0.15) is 0 Å². The highest BCUT2D eigenvalue weighted by atomic mass is 32.1. The van der Waals surface area contributed by atoms with Crippen molar-refractivity contribution in [2.45, 2.75) is 51.6 Å². The number of fused-ring (bicyclic) bond motifs is 1. The monoisotopic (exact) mass is 275 g/mol. The lowest BCUT2D eigenvalue weighted by atomic mass is 9.94. The van der Waals surface area contributed by atoms with E-state index in [4.69, 9.17) is 0 Å². The Hall–Kier alpha value is -1.29. The molecule has 0 aromatic carbocycles. The van der Waals surface area contributed by atoms with Gasteiger partial charge in [-0.25, -0.2) is 4.98 Å². The number of aryl methyl sites for hydroxylation is 2. The van der Waals surface area contributed by atoms with Gasteiger partial charge in [0.05, 0.1) is 6.04 Å². The van der Waals surface area contributed by atoms with Crippen LogP contribution in [0.2, 0.25) is 0 Å². The van der Waals surface area contributed by atoms with E-state index < -0.39 is 0 Å². The molecule has 1 aliphatic carbocycles. The van der Waals surface area contributed by atoms with Crippen molar-refractivity contribution in [3.63, 3.8) is 0 Å². The van der Waals surface area contributed by atoms with Crippen molar-refractivity contribution in [2.75, 3.05) is 5.32 Å². The Morgan fingerprint density at radius 3 is 3.37 bits per heavy atom. The Kier molecular flexibility index (Phi) is 3.87. The van der Waals surface area contributed by atoms with Crippen molar-refractivity contribution in [1.29, 1.82) is 0 Å². The molecular formula is C15H21N3S. The number of imidazole rings is 1. The molecule has 0 saturated carbocycles. The van der Waals surface area contributed by atoms with Crippen LogP contribution in [0.1, 0.15) is 49.1 Å². The number of nitrogens with zero attached hydrogens (tertiary/aromatic N) is 2. The molecular weight excluding hydrogens is 254 g/mol. The predicted octanol–water partition coefficient (Wildman–Crippen LogP) is 4.23. The average Bonchev–Trinajstić information content (AvgIpc) is 3.05. The molecule has 0 bridgehead atoms. The number of hydrogen-bond donors (Lipinski definition) is 1. The SMILES string of the molecule is CCCCn1ccnc1NC1CCCc2sccc21. The Labute approximate surface area is 118 Å². The smallest absolute Gasteiger partial charge is 0.203 e. The van der Waals surface area contributed by atoms with E-state index in [1.54, 1.807) is 4.88 Å². The van der Waals surface area contributed by atoms with Crippen LogP contribution in [0.4, 0.5) is 5.95 Å². The van der Waals surface area contributed by atoms with E-state index in [1.807, 2.05) is 17.5 Å². The van der Waals surface area contributed by atoms with Gasteiger partial charge < -0.3 is 9.88 Å². The molecule has 1 unspecified atom stereocenters. The Bertz CT molecular complexity index is 529. The maximum Gasteiger partial charge on any atom is 0.203 e. The molecule has 0 fully saturated rings. The van der Waals surface area contributed by atoms with Gasteiger partial charge in [0.2, 0.25) is 5.95 Å². The van der Waals surface area contributed by atoms with Crippen LogP contribution >= 0.6 is 11.3 Å². The molecule has 2 aromatic heterocycles. The van der Waals surface area contributed by atoms with Crippen LogP contribution in [-0.2, 0) is 13.0 Å². The highest BCUT2D eigenvalue weighted by molar-refractivity contribution is 7.10. The van der Waals surface area contributed by atoms with Crippen LogP contribution in [0.15, 0.2) is 23.8 Å². The van der Waals surface area contributed by atoms with Gasteiger partial charge in [0.15, 0.2) is 0 Å². The average molecular weight is 275 g/mol. The first-order valence-electron chi connectivity index (χ1n) is 7.22. The van der Waals surface area contributed by atoms with E-state index in [0.29, 0.717) is 6.04 Å². The second kappa shape index (κ2) is 5.78. The molecule has 102 valence electrons. The molecule has 1 aliphatic rings. The summed E-state index contributed by atoms with van der Waals surface area (Å²) >= 11 is 1.89. The highest BCUT2D eigenvalue weighted by Gasteiger charge is 2.22. The van der Waals surface area contributed by atoms with Crippen LogP contribution in [0.25, 0.3) is 0 Å². The summed E-state index contributed by atoms with van der Waals surface area (Å²) in [6, 6.07) is 2.72. The fraction of sp³-hybridized carbons (Fsp3) is 0.533. The van der Waals surface area contributed by atoms with Crippen LogP contribution in [0, 0.1) is 0 Å². The van der Waals surface area contributed by atoms with Crippen LogP contribution in [0.5, 0.6) is 0 Å². The lowest BCUT2D eigenvalue weighted by molar-refractivity contribution is 0.587. The van der Waals surface area contributed by atoms with E-state index >= 15 is 0 Å². The third kappa shape index (κ3) is 2.68. The zero-order valence-electron chi connectivity index (χ0n) is 11.4. The lowest BCUT2D eigenvalue weighted by Gasteiger charge is -2.24. The molecule has 1 atom stereocenters. The topological polar surface area (TPSA) is 29.9 Å². The van der Waals surface area contributed by atoms with Crippen molar-refractivity contribution in [2.24, 2.45) is 0 Å². The van der Waals surface area contributed by atoms with Crippen molar-refractivity contribution in [3.05, 3.63) is 34.3 Å². The molecule has 0 amide bonds. The molecule has 0 saturated heterocycles. The van der Waals surface area contributed by atoms with Gasteiger partial charge >= 0.3 is 0 Å². The minimum absolute atomic E-state index is 0.442. The van der Waals surface area contributed by atoms with E-state index in [9.17, 15) is 0 Å². The molecule has 4 heteroatoms. The van der Waals surface area contributed by atoms with Crippen molar-refractivity contribution in [3.8, 4) is 0 Å². The standard InChI is InChI=1S/C15H21N3S/c1-2-3-9-18-10-8-16-15(18)17-13-5-4-6-14-12(13)7-11-19-14/h7-8,10-11,13H,2-6,9H2,1H3,(H,16,17). The number of nitrogens with one attached hydrogen (secondary N) is 1. The number of hydrogen-bond acceptors (Lipinski definition) is 3. The molecule has 0 radical (unpaired) electrons. The van der Waals surface area contributed by atoms with Gasteiger partial charge in [0, 0.05) is 23.8 Å². The fourth-order valence-corrected chi connectivity index (χ4v) is 3.74. The van der Waals surface area contributed by atoms with Crippen LogP contribution < -0.4 is 5.32 Å². The van der Waals surface area contributed by atoms with Gasteiger partial charge in [-0.1, -0.05) is 13.3 Å². The third-order valence-corrected chi connectivity index (χ3v) is 4.82. The Morgan fingerprint density at radius 2 is 2.47 bits per heavy atom. The first kappa shape index (κ1) is 12.7. The second-order valence-electron chi connectivity index (χ2n) is 5.19. The van der Waals surface area contributed by atoms with Crippen molar-refractivity contribution in [1.82, 2.24) is 9.55 Å². The van der Waals surface area contributed by atoms with E-state index in [0.717, 1.165) is 12.5 Å². The molecule has 3 rings (SSSR count). The maximum absolute atomic E-state index is 4.48. The lowest BCUT2D eigenvalue weighted by Crippen LogP contribution is -2.18. The summed E-state index contributed by atoms with van der Waals surface area (Å²) in [7, 11) is 0. The number of rotatable bonds is 5. The minimum Gasteiger partial charge on any atom is -0.349 e. The maximum atomic E-state index is 4.48. The summed E-state index contributed by atoms with van der Waals surface area (Å²) in [4.78, 5) is 6.03. The normalized spacial score (nSPS) is 18.3. The second-order valence-corrected chi connectivity index (χ2v) is 6.19. The molecule has 3 nitrogen and oxygen atoms in total. The van der Waals surface area contributed by atoms with E-state index in [2.05, 4.69) is 39.4 Å². The van der Waals surface area contributed by atoms with Gasteiger partial charge in [-0.15, -0.1) is 11.3 Å². The zero-order valence-corrected chi connectivity index (χ0v) is 12.2. The highest BCUT2D eigenvalue weighted by Crippen LogP contribution is 2.35. The van der Waals surface area contributed by atoms with Gasteiger partial charge in [-0.05, 0) is 42.7 Å². The molecule has 2 heterocycles. The Balaban J connectivity index is 1.74. The van der Waals surface area contributed by atoms with E-state index in [1.165, 1.54) is 37.7 Å². The van der Waals surface area contributed by atoms with Gasteiger partial charge in [0.25, 0.3) is 0 Å². The third-order valence-electron chi connectivity index (χ3n) is 3.82. The predicted molar refractivity (Wildman–Crippen MR) is 80.8 cm³/mol. The molecule has 2 aromatic rings. The summed E-state index contributed by atoms with van der Waals surface area (Å²) < 4.78 is 2.24. The summed E-state index contributed by atoms with van der Waals surface area (Å²) in [6.45, 7) is 3.28. The summed E-state index contributed by atoms with van der Waals surface area (Å²) in [5.74, 6) is 1.03. The summed E-state index contributed by atoms with van der Waals surface area (Å²) in [5.41, 5.74) is 1.49. The first-order chi connectivity index (χ1) is 9.38. The zero-order chi connectivity index (χ0) is 13.1. The molecule has 0 spiro atoms. The number of anilines is 1. The molecule has 1 N–H and O–H groups in total. The van der Waals surface area contributed by atoms with Crippen LogP contribution in [0.3, 0.4) is 0 Å². The first-order valence-corrected chi connectivity index (χ1v) is 8.10. The number of thiophene rings is 1. The largest absolute Gasteiger partial charge is 0.349 e. The van der Waals surface area contributed by atoms with Crippen molar-refractivity contribution < 1.29 is 0 Å². The molecule has 0 aliphatic heterocycles. The van der Waals surface area contributed by atoms with E-state index in [-0.39, 0.29) is 0 Å². The van der Waals surface area contributed by atoms with Gasteiger partial charge in [-0.2, -0.15) is 0 Å². The number of aromatic nitrogens is 2. The quantitative estimate of drug-likeness (QED) is 0.884. The summed E-state index contributed by atoms with van der Waals surface area (Å²) in [6.07, 6.45) is 10.1. The summed E-state index contributed by atoms with van der Waals surface area (Å²) in [5, 5.41) is 5.86. The van der Waals surface area contributed by atoms with Crippen LogP contribution in [-0.4, -0.2) is 9.55 Å². The Morgan fingerprint density at radius 1 is 1.53 bits per heavy atom. The fourth-order valence-electron chi connectivity index (χ4n) is 2.75. The van der Waals surface area contributed by atoms with Gasteiger partial charge in [-0.3, -0.25) is 0 Å². The minimum atomic E-state index is 0.442. The number of unbranched alkanes of at least 4 members (excludes halogenated alkanes) is 1. The molecule has 19 heavy (non-hydrogen) atoms. The van der Waals surface area contributed by atoms with Crippen molar-refractivity contribution >= 4 is 17.3 Å².